The standard InChI is InChI=1S/C19H21FN2O3S/c1-21-13-19(25-17-7-2-3-8-18(17)26(21,23)24)9-10-22(14-19)12-15-5-4-6-16(20)11-15/h2-8,11H,9-10,12-14H2,1H3. The second kappa shape index (κ2) is 6.33. The quantitative estimate of drug-likeness (QED) is 0.808. The van der Waals surface area contributed by atoms with Gasteiger partial charge in [-0.1, -0.05) is 24.3 Å². The van der Waals surface area contributed by atoms with Crippen LogP contribution in [0.2, 0.25) is 0 Å². The van der Waals surface area contributed by atoms with E-state index < -0.39 is 15.6 Å². The van der Waals surface area contributed by atoms with Crippen LogP contribution in [0.5, 0.6) is 5.75 Å². The summed E-state index contributed by atoms with van der Waals surface area (Å²) >= 11 is 0. The van der Waals surface area contributed by atoms with Crippen LogP contribution in [0, 0.1) is 5.82 Å². The number of ether oxygens (including phenoxy) is 1. The number of hydrogen-bond donors (Lipinski definition) is 0. The highest BCUT2D eigenvalue weighted by atomic mass is 32.2. The largest absolute Gasteiger partial charge is 0.483 e. The summed E-state index contributed by atoms with van der Waals surface area (Å²) in [6.45, 7) is 2.27. The van der Waals surface area contributed by atoms with E-state index in [1.165, 1.54) is 16.4 Å². The number of sulfonamides is 1. The number of nitrogens with zero attached hydrogens (tertiary/aromatic N) is 2. The average Bonchev–Trinajstić information content (AvgIpc) is 2.93. The van der Waals surface area contributed by atoms with E-state index in [-0.39, 0.29) is 10.7 Å². The molecule has 4 rings (SSSR count). The maximum atomic E-state index is 13.4. The highest BCUT2D eigenvalue weighted by Crippen LogP contribution is 2.38. The van der Waals surface area contributed by atoms with Gasteiger partial charge >= 0.3 is 0 Å². The van der Waals surface area contributed by atoms with Crippen LogP contribution in [0.4, 0.5) is 4.39 Å². The summed E-state index contributed by atoms with van der Waals surface area (Å²) in [4.78, 5) is 2.39. The molecular formula is C19H21FN2O3S. The molecule has 2 aromatic rings. The summed E-state index contributed by atoms with van der Waals surface area (Å²) < 4.78 is 46.6. The summed E-state index contributed by atoms with van der Waals surface area (Å²) in [6, 6.07) is 13.3. The van der Waals surface area contributed by atoms with Crippen molar-refractivity contribution in [3.8, 4) is 5.75 Å². The number of halogens is 1. The Bertz CT molecular complexity index is 934. The van der Waals surface area contributed by atoms with Crippen molar-refractivity contribution in [2.45, 2.75) is 23.5 Å². The highest BCUT2D eigenvalue weighted by Gasteiger charge is 2.46. The van der Waals surface area contributed by atoms with E-state index in [9.17, 15) is 12.8 Å². The Labute approximate surface area is 153 Å². The smallest absolute Gasteiger partial charge is 0.246 e. The van der Waals surface area contributed by atoms with Crippen LogP contribution in [-0.4, -0.2) is 49.9 Å². The maximum Gasteiger partial charge on any atom is 0.246 e. The van der Waals surface area contributed by atoms with Crippen molar-refractivity contribution in [3.63, 3.8) is 0 Å². The minimum absolute atomic E-state index is 0.211. The fourth-order valence-electron chi connectivity index (χ4n) is 3.84. The molecule has 1 unspecified atom stereocenters. The first-order valence-electron chi connectivity index (χ1n) is 8.59. The van der Waals surface area contributed by atoms with E-state index in [4.69, 9.17) is 4.74 Å². The molecule has 5 nitrogen and oxygen atoms in total. The van der Waals surface area contributed by atoms with E-state index in [1.807, 2.05) is 6.07 Å². The topological polar surface area (TPSA) is 49.9 Å². The monoisotopic (exact) mass is 376 g/mol. The molecule has 1 atom stereocenters. The van der Waals surface area contributed by atoms with Crippen molar-refractivity contribution in [3.05, 3.63) is 59.9 Å². The van der Waals surface area contributed by atoms with E-state index in [0.717, 1.165) is 18.5 Å². The first-order valence-corrected chi connectivity index (χ1v) is 10.0. The summed E-state index contributed by atoms with van der Waals surface area (Å²) in [6.07, 6.45) is 0.719. The predicted octanol–water partition coefficient (Wildman–Crippen LogP) is 2.48. The lowest BCUT2D eigenvalue weighted by atomic mass is 10.0. The van der Waals surface area contributed by atoms with Gasteiger partial charge in [0.05, 0.1) is 6.54 Å². The van der Waals surface area contributed by atoms with Gasteiger partial charge in [0.1, 0.15) is 22.1 Å². The Hall–Kier alpha value is -1.96. The Morgan fingerprint density at radius 1 is 1.15 bits per heavy atom. The van der Waals surface area contributed by atoms with E-state index in [0.29, 0.717) is 25.4 Å². The lowest BCUT2D eigenvalue weighted by Gasteiger charge is -2.30. The number of likely N-dealkylation sites (tertiary alicyclic amines) is 1. The van der Waals surface area contributed by atoms with Crippen LogP contribution in [0.3, 0.4) is 0 Å². The fourth-order valence-corrected chi connectivity index (χ4v) is 5.20. The second-order valence-electron chi connectivity index (χ2n) is 7.08. The van der Waals surface area contributed by atoms with Crippen molar-refractivity contribution in [1.29, 1.82) is 0 Å². The Morgan fingerprint density at radius 3 is 2.77 bits per heavy atom. The Balaban J connectivity index is 1.60. The number of hydrogen-bond acceptors (Lipinski definition) is 4. The SMILES string of the molecule is CN1CC2(CCN(Cc3cccc(F)c3)C2)Oc2ccccc2S1(=O)=O. The predicted molar refractivity (Wildman–Crippen MR) is 95.9 cm³/mol. The minimum Gasteiger partial charge on any atom is -0.483 e. The first kappa shape index (κ1) is 17.5. The molecule has 0 aromatic heterocycles. The van der Waals surface area contributed by atoms with Gasteiger partial charge in [0.25, 0.3) is 0 Å². The summed E-state index contributed by atoms with van der Waals surface area (Å²) in [5, 5.41) is 0. The minimum atomic E-state index is -3.56. The molecular weight excluding hydrogens is 355 g/mol. The summed E-state index contributed by atoms with van der Waals surface area (Å²) in [7, 11) is -1.97. The van der Waals surface area contributed by atoms with Gasteiger partial charge in [-0.15, -0.1) is 0 Å². The molecule has 26 heavy (non-hydrogen) atoms. The molecule has 7 heteroatoms. The molecule has 0 amide bonds. The third kappa shape index (κ3) is 3.11. The van der Waals surface area contributed by atoms with Gasteiger partial charge in [-0.2, -0.15) is 4.31 Å². The molecule has 0 saturated carbocycles. The van der Waals surface area contributed by atoms with E-state index >= 15 is 0 Å². The molecule has 1 spiro atoms. The van der Waals surface area contributed by atoms with Gasteiger partial charge in [0.2, 0.25) is 10.0 Å². The van der Waals surface area contributed by atoms with Gasteiger partial charge in [0.15, 0.2) is 0 Å². The molecule has 2 heterocycles. The molecule has 0 aliphatic carbocycles. The van der Waals surface area contributed by atoms with Gasteiger partial charge in [-0.3, -0.25) is 4.90 Å². The third-order valence-electron chi connectivity index (χ3n) is 5.07. The van der Waals surface area contributed by atoms with Crippen LogP contribution in [0.15, 0.2) is 53.4 Å². The summed E-state index contributed by atoms with van der Waals surface area (Å²) in [5.41, 5.74) is 0.305. The third-order valence-corrected chi connectivity index (χ3v) is 6.91. The molecule has 0 N–H and O–H groups in total. The van der Waals surface area contributed by atoms with Gasteiger partial charge in [-0.25, -0.2) is 12.8 Å². The molecule has 0 radical (unpaired) electrons. The zero-order chi connectivity index (χ0) is 18.4. The van der Waals surface area contributed by atoms with Gasteiger partial charge in [0, 0.05) is 33.1 Å². The lowest BCUT2D eigenvalue weighted by Crippen LogP contribution is -2.47. The average molecular weight is 376 g/mol. The van der Waals surface area contributed by atoms with E-state index in [2.05, 4.69) is 4.90 Å². The van der Waals surface area contributed by atoms with Gasteiger partial charge in [-0.05, 0) is 29.8 Å². The van der Waals surface area contributed by atoms with Gasteiger partial charge < -0.3 is 4.74 Å². The van der Waals surface area contributed by atoms with Crippen LogP contribution in [-0.2, 0) is 16.6 Å². The zero-order valence-corrected chi connectivity index (χ0v) is 15.4. The van der Waals surface area contributed by atoms with Crippen LogP contribution < -0.4 is 4.74 Å². The second-order valence-corrected chi connectivity index (χ2v) is 9.10. The normalized spacial score (nSPS) is 25.6. The van der Waals surface area contributed by atoms with E-state index in [1.54, 1.807) is 37.4 Å². The van der Waals surface area contributed by atoms with Crippen LogP contribution >= 0.6 is 0 Å². The molecule has 2 aliphatic heterocycles. The number of likely N-dealkylation sites (N-methyl/N-ethyl adjacent to an activating group) is 1. The van der Waals surface area contributed by atoms with Crippen molar-refractivity contribution < 1.29 is 17.5 Å². The zero-order valence-electron chi connectivity index (χ0n) is 14.6. The number of para-hydroxylation sites is 1. The Kier molecular flexibility index (Phi) is 4.25. The Morgan fingerprint density at radius 2 is 1.96 bits per heavy atom. The molecule has 1 saturated heterocycles. The number of rotatable bonds is 2. The van der Waals surface area contributed by atoms with Crippen LogP contribution in [0.1, 0.15) is 12.0 Å². The van der Waals surface area contributed by atoms with Crippen molar-refractivity contribution in [2.24, 2.45) is 0 Å². The highest BCUT2D eigenvalue weighted by molar-refractivity contribution is 7.89. The molecule has 0 bridgehead atoms. The number of benzene rings is 2. The van der Waals surface area contributed by atoms with Crippen molar-refractivity contribution in [2.75, 3.05) is 26.7 Å². The maximum absolute atomic E-state index is 13.4. The molecule has 1 fully saturated rings. The molecule has 138 valence electrons. The molecule has 2 aliphatic rings. The van der Waals surface area contributed by atoms with Crippen molar-refractivity contribution in [1.82, 2.24) is 9.21 Å². The fraction of sp³-hybridized carbons (Fsp3) is 0.368. The van der Waals surface area contributed by atoms with Crippen molar-refractivity contribution >= 4 is 10.0 Å². The lowest BCUT2D eigenvalue weighted by molar-refractivity contribution is 0.0623. The van der Waals surface area contributed by atoms with Crippen LogP contribution in [0.25, 0.3) is 0 Å². The molecule has 2 aromatic carbocycles. The first-order chi connectivity index (χ1) is 12.4. The number of fused-ring (bicyclic) bond motifs is 1. The summed E-state index contributed by atoms with van der Waals surface area (Å²) in [5.74, 6) is 0.159.